The van der Waals surface area contributed by atoms with E-state index in [2.05, 4.69) is 26.6 Å². The maximum absolute atomic E-state index is 13.3. The minimum absolute atomic E-state index is 0.0251. The van der Waals surface area contributed by atoms with E-state index < -0.39 is 17.5 Å². The van der Waals surface area contributed by atoms with Crippen LogP contribution in [0.4, 0.5) is 14.5 Å². The molecule has 0 bridgehead atoms. The van der Waals surface area contributed by atoms with Gasteiger partial charge in [0.15, 0.2) is 0 Å². The number of carbonyl (C=O) groups excluding carboxylic acids is 1. The second kappa shape index (κ2) is 6.66. The summed E-state index contributed by atoms with van der Waals surface area (Å²) < 4.78 is 26.5. The van der Waals surface area contributed by atoms with E-state index in [0.29, 0.717) is 6.54 Å². The molecule has 94 valence electrons. The molecular formula is C11H13BrF2N2O. The van der Waals surface area contributed by atoms with E-state index in [1.807, 2.05) is 6.92 Å². The van der Waals surface area contributed by atoms with E-state index >= 15 is 0 Å². The van der Waals surface area contributed by atoms with Crippen LogP contribution in [0.15, 0.2) is 16.6 Å². The molecule has 0 saturated heterocycles. The molecular weight excluding hydrogens is 294 g/mol. The quantitative estimate of drug-likeness (QED) is 0.648. The molecule has 1 aromatic carbocycles. The van der Waals surface area contributed by atoms with E-state index in [4.69, 9.17) is 0 Å². The lowest BCUT2D eigenvalue weighted by atomic mass is 10.3. The Bertz CT molecular complexity index is 413. The van der Waals surface area contributed by atoms with Crippen molar-refractivity contribution in [3.05, 3.63) is 28.2 Å². The van der Waals surface area contributed by atoms with Crippen molar-refractivity contribution in [3.8, 4) is 0 Å². The van der Waals surface area contributed by atoms with Gasteiger partial charge in [-0.05, 0) is 35.0 Å². The highest BCUT2D eigenvalue weighted by Crippen LogP contribution is 2.23. The smallest absolute Gasteiger partial charge is 0.238 e. The maximum Gasteiger partial charge on any atom is 0.238 e. The molecule has 0 atom stereocenters. The van der Waals surface area contributed by atoms with Gasteiger partial charge in [0.2, 0.25) is 5.91 Å². The van der Waals surface area contributed by atoms with Crippen LogP contribution in [-0.4, -0.2) is 19.0 Å². The molecule has 0 fully saturated rings. The summed E-state index contributed by atoms with van der Waals surface area (Å²) in [4.78, 5) is 11.4. The lowest BCUT2D eigenvalue weighted by Crippen LogP contribution is -2.28. The molecule has 0 heterocycles. The Morgan fingerprint density at radius 1 is 1.35 bits per heavy atom. The van der Waals surface area contributed by atoms with Crippen LogP contribution < -0.4 is 10.6 Å². The number of hydrogen-bond acceptors (Lipinski definition) is 2. The molecule has 0 aliphatic heterocycles. The molecule has 0 spiro atoms. The molecule has 0 aliphatic carbocycles. The van der Waals surface area contributed by atoms with Crippen LogP contribution in [0.1, 0.15) is 13.3 Å². The number of nitrogens with one attached hydrogen (secondary N) is 2. The summed E-state index contributed by atoms with van der Waals surface area (Å²) in [6.07, 6.45) is 0.897. The monoisotopic (exact) mass is 306 g/mol. The molecule has 3 nitrogen and oxygen atoms in total. The zero-order chi connectivity index (χ0) is 12.8. The molecule has 1 aromatic rings. The largest absolute Gasteiger partial charge is 0.322 e. The fraction of sp³-hybridized carbons (Fsp3) is 0.364. The normalized spacial score (nSPS) is 10.4. The lowest BCUT2D eigenvalue weighted by molar-refractivity contribution is -0.115. The van der Waals surface area contributed by atoms with Gasteiger partial charge >= 0.3 is 0 Å². The zero-order valence-corrected chi connectivity index (χ0v) is 10.9. The van der Waals surface area contributed by atoms with E-state index in [-0.39, 0.29) is 16.7 Å². The van der Waals surface area contributed by atoms with Gasteiger partial charge in [0.25, 0.3) is 0 Å². The third kappa shape index (κ3) is 4.40. The van der Waals surface area contributed by atoms with Gasteiger partial charge in [-0.3, -0.25) is 4.79 Å². The second-order valence-corrected chi connectivity index (χ2v) is 4.33. The van der Waals surface area contributed by atoms with Crippen LogP contribution in [-0.2, 0) is 4.79 Å². The molecule has 0 saturated carbocycles. The average Bonchev–Trinajstić information content (AvgIpc) is 2.26. The fourth-order valence-corrected chi connectivity index (χ4v) is 1.51. The van der Waals surface area contributed by atoms with Crippen molar-refractivity contribution in [3.63, 3.8) is 0 Å². The van der Waals surface area contributed by atoms with Gasteiger partial charge in [0.05, 0.1) is 16.7 Å². The molecule has 0 radical (unpaired) electrons. The molecule has 2 N–H and O–H groups in total. The summed E-state index contributed by atoms with van der Waals surface area (Å²) in [5.74, 6) is -1.70. The van der Waals surface area contributed by atoms with Crippen molar-refractivity contribution in [2.24, 2.45) is 0 Å². The highest BCUT2D eigenvalue weighted by atomic mass is 79.9. The van der Waals surface area contributed by atoms with Gasteiger partial charge in [-0.25, -0.2) is 8.78 Å². The standard InChI is InChI=1S/C11H13BrF2N2O/c1-2-3-15-6-11(17)16-10-5-8(13)7(12)4-9(10)14/h4-5,15H,2-3,6H2,1H3,(H,16,17). The van der Waals surface area contributed by atoms with Gasteiger partial charge < -0.3 is 10.6 Å². The Balaban J connectivity index is 2.62. The highest BCUT2D eigenvalue weighted by molar-refractivity contribution is 9.10. The number of amides is 1. The van der Waals surface area contributed by atoms with Crippen molar-refractivity contribution < 1.29 is 13.6 Å². The number of carbonyl (C=O) groups is 1. The first-order valence-corrected chi connectivity index (χ1v) is 5.99. The molecule has 0 aliphatic rings. The topological polar surface area (TPSA) is 41.1 Å². The predicted octanol–water partition coefficient (Wildman–Crippen LogP) is 2.67. The number of anilines is 1. The van der Waals surface area contributed by atoms with Gasteiger partial charge in [0, 0.05) is 6.07 Å². The van der Waals surface area contributed by atoms with E-state index in [9.17, 15) is 13.6 Å². The van der Waals surface area contributed by atoms with E-state index in [0.717, 1.165) is 18.6 Å². The van der Waals surface area contributed by atoms with Crippen LogP contribution in [0, 0.1) is 11.6 Å². The fourth-order valence-electron chi connectivity index (χ4n) is 1.19. The number of hydrogen-bond donors (Lipinski definition) is 2. The number of rotatable bonds is 5. The molecule has 0 aromatic heterocycles. The Morgan fingerprint density at radius 2 is 2.06 bits per heavy atom. The molecule has 17 heavy (non-hydrogen) atoms. The van der Waals surface area contributed by atoms with Crippen LogP contribution >= 0.6 is 15.9 Å². The predicted molar refractivity (Wildman–Crippen MR) is 65.8 cm³/mol. The average molecular weight is 307 g/mol. The first-order valence-electron chi connectivity index (χ1n) is 5.19. The van der Waals surface area contributed by atoms with Gasteiger partial charge in [-0.1, -0.05) is 6.92 Å². The summed E-state index contributed by atoms with van der Waals surface area (Å²) in [5, 5.41) is 5.16. The van der Waals surface area contributed by atoms with Crippen LogP contribution in [0.3, 0.4) is 0 Å². The van der Waals surface area contributed by atoms with E-state index in [1.165, 1.54) is 0 Å². The Hall–Kier alpha value is -1.01. The Morgan fingerprint density at radius 3 is 2.71 bits per heavy atom. The van der Waals surface area contributed by atoms with Gasteiger partial charge in [0.1, 0.15) is 11.6 Å². The summed E-state index contributed by atoms with van der Waals surface area (Å²) in [6.45, 7) is 2.74. The minimum atomic E-state index is -0.679. The third-order valence-corrected chi connectivity index (χ3v) is 2.60. The summed E-state index contributed by atoms with van der Waals surface area (Å²) in [5.41, 5.74) is -0.158. The maximum atomic E-state index is 13.3. The third-order valence-electron chi connectivity index (χ3n) is 2.00. The minimum Gasteiger partial charge on any atom is -0.322 e. The van der Waals surface area contributed by atoms with Crippen molar-refractivity contribution in [2.45, 2.75) is 13.3 Å². The van der Waals surface area contributed by atoms with Gasteiger partial charge in [-0.15, -0.1) is 0 Å². The van der Waals surface area contributed by atoms with Crippen LogP contribution in [0.25, 0.3) is 0 Å². The highest BCUT2D eigenvalue weighted by Gasteiger charge is 2.10. The lowest BCUT2D eigenvalue weighted by Gasteiger charge is -2.08. The summed E-state index contributed by atoms with van der Waals surface area (Å²) in [6, 6.07) is 1.92. The summed E-state index contributed by atoms with van der Waals surface area (Å²) >= 11 is 2.86. The molecule has 1 amide bonds. The van der Waals surface area contributed by atoms with Crippen molar-refractivity contribution in [2.75, 3.05) is 18.4 Å². The molecule has 6 heteroatoms. The second-order valence-electron chi connectivity index (χ2n) is 3.47. The van der Waals surface area contributed by atoms with Gasteiger partial charge in [-0.2, -0.15) is 0 Å². The summed E-state index contributed by atoms with van der Waals surface area (Å²) in [7, 11) is 0. The SMILES string of the molecule is CCCNCC(=O)Nc1cc(F)c(Br)cc1F. The zero-order valence-electron chi connectivity index (χ0n) is 9.32. The van der Waals surface area contributed by atoms with E-state index in [1.54, 1.807) is 0 Å². The Labute approximate surface area is 107 Å². The van der Waals surface area contributed by atoms with Crippen molar-refractivity contribution in [1.82, 2.24) is 5.32 Å². The van der Waals surface area contributed by atoms with Crippen LogP contribution in [0.2, 0.25) is 0 Å². The molecule has 1 rings (SSSR count). The first-order chi connectivity index (χ1) is 8.04. The number of benzene rings is 1. The van der Waals surface area contributed by atoms with Crippen molar-refractivity contribution >= 4 is 27.5 Å². The number of halogens is 3. The van der Waals surface area contributed by atoms with Crippen molar-refractivity contribution in [1.29, 1.82) is 0 Å². The molecule has 0 unspecified atom stereocenters. The Kier molecular flexibility index (Phi) is 5.50. The first kappa shape index (κ1) is 14.1. The van der Waals surface area contributed by atoms with Crippen LogP contribution in [0.5, 0.6) is 0 Å².